The Balaban J connectivity index is 1.51. The third-order valence-corrected chi connectivity index (χ3v) is 4.95. The molecule has 1 fully saturated rings. The molecule has 1 aromatic rings. The van der Waals surface area contributed by atoms with Crippen molar-refractivity contribution in [3.05, 3.63) is 30.3 Å². The summed E-state index contributed by atoms with van der Waals surface area (Å²) in [5.41, 5.74) is 0. The highest BCUT2D eigenvalue weighted by Crippen LogP contribution is 2.26. The van der Waals surface area contributed by atoms with E-state index in [1.54, 1.807) is 0 Å². The maximum Gasteiger partial charge on any atom is 0.0336 e. The lowest BCUT2D eigenvalue weighted by atomic mass is 9.89. The summed E-state index contributed by atoms with van der Waals surface area (Å²) in [5.74, 6) is 2.00. The van der Waals surface area contributed by atoms with Crippen LogP contribution >= 0.6 is 23.4 Å². The minimum absolute atomic E-state index is 0.440. The molecule has 0 atom stereocenters. The Morgan fingerprint density at radius 3 is 2.56 bits per heavy atom. The van der Waals surface area contributed by atoms with Gasteiger partial charge in [0.1, 0.15) is 0 Å². The van der Waals surface area contributed by atoms with Crippen LogP contribution in [0.2, 0.25) is 0 Å². The first kappa shape index (κ1) is 14.2. The summed E-state index contributed by atoms with van der Waals surface area (Å²) in [5, 5.41) is 4.02. The van der Waals surface area contributed by atoms with Gasteiger partial charge in [-0.2, -0.15) is 0 Å². The van der Waals surface area contributed by atoms with Gasteiger partial charge in [-0.05, 0) is 50.3 Å². The van der Waals surface area contributed by atoms with E-state index in [0.717, 1.165) is 18.2 Å². The summed E-state index contributed by atoms with van der Waals surface area (Å²) < 4.78 is 0. The van der Waals surface area contributed by atoms with Crippen molar-refractivity contribution in [1.82, 2.24) is 5.32 Å². The second kappa shape index (κ2) is 8.08. The van der Waals surface area contributed by atoms with Crippen LogP contribution in [-0.2, 0) is 0 Å². The zero-order valence-corrected chi connectivity index (χ0v) is 12.3. The Morgan fingerprint density at radius 1 is 1.11 bits per heavy atom. The largest absolute Gasteiger partial charge is 0.316 e. The van der Waals surface area contributed by atoms with Crippen LogP contribution in [-0.4, -0.2) is 24.2 Å². The molecule has 1 aliphatic rings. The molecule has 3 heteroatoms. The number of alkyl halides is 1. The third kappa shape index (κ3) is 5.21. The van der Waals surface area contributed by atoms with Crippen molar-refractivity contribution in [2.24, 2.45) is 5.92 Å². The minimum Gasteiger partial charge on any atom is -0.316 e. The summed E-state index contributed by atoms with van der Waals surface area (Å²) in [6, 6.07) is 10.6. The van der Waals surface area contributed by atoms with Crippen LogP contribution < -0.4 is 5.32 Å². The molecule has 18 heavy (non-hydrogen) atoms. The van der Waals surface area contributed by atoms with E-state index in [1.807, 2.05) is 11.8 Å². The maximum atomic E-state index is 6.11. The average Bonchev–Trinajstić information content (AvgIpc) is 2.42. The summed E-state index contributed by atoms with van der Waals surface area (Å²) in [6.45, 7) is 2.26. The third-order valence-electron chi connectivity index (χ3n) is 3.50. The van der Waals surface area contributed by atoms with Gasteiger partial charge >= 0.3 is 0 Å². The van der Waals surface area contributed by atoms with Gasteiger partial charge < -0.3 is 5.32 Å². The van der Waals surface area contributed by atoms with Crippen LogP contribution in [0.3, 0.4) is 0 Å². The van der Waals surface area contributed by atoms with E-state index in [9.17, 15) is 0 Å². The number of nitrogens with one attached hydrogen (secondary N) is 1. The van der Waals surface area contributed by atoms with Crippen molar-refractivity contribution in [3.63, 3.8) is 0 Å². The molecule has 0 saturated heterocycles. The van der Waals surface area contributed by atoms with Crippen molar-refractivity contribution in [2.75, 3.05) is 18.8 Å². The zero-order valence-electron chi connectivity index (χ0n) is 10.8. The van der Waals surface area contributed by atoms with Gasteiger partial charge in [-0.25, -0.2) is 0 Å². The molecule has 0 radical (unpaired) electrons. The SMILES string of the molecule is ClC1CCC(CNCCSc2ccccc2)CC1. The van der Waals surface area contributed by atoms with Gasteiger partial charge in [-0.1, -0.05) is 18.2 Å². The van der Waals surface area contributed by atoms with Crippen molar-refractivity contribution < 1.29 is 0 Å². The van der Waals surface area contributed by atoms with Gasteiger partial charge in [-0.3, -0.25) is 0 Å². The van der Waals surface area contributed by atoms with E-state index < -0.39 is 0 Å². The molecule has 1 aromatic carbocycles. The lowest BCUT2D eigenvalue weighted by molar-refractivity contribution is 0.349. The second-order valence-corrected chi connectivity index (χ2v) is 6.77. The standard InChI is InChI=1S/C15H22ClNS/c16-14-8-6-13(7-9-14)12-17-10-11-18-15-4-2-1-3-5-15/h1-5,13-14,17H,6-12H2. The molecule has 0 heterocycles. The highest BCUT2D eigenvalue weighted by atomic mass is 35.5. The first-order valence-corrected chi connectivity index (χ1v) is 8.29. The van der Waals surface area contributed by atoms with E-state index in [4.69, 9.17) is 11.6 Å². The number of hydrogen-bond donors (Lipinski definition) is 1. The fourth-order valence-electron chi connectivity index (χ4n) is 2.39. The number of halogens is 1. The van der Waals surface area contributed by atoms with Gasteiger partial charge in [0.05, 0.1) is 0 Å². The van der Waals surface area contributed by atoms with Crippen LogP contribution in [0.25, 0.3) is 0 Å². The first-order chi connectivity index (χ1) is 8.84. The summed E-state index contributed by atoms with van der Waals surface area (Å²) in [7, 11) is 0. The van der Waals surface area contributed by atoms with E-state index in [2.05, 4.69) is 35.6 Å². The molecule has 0 unspecified atom stereocenters. The Morgan fingerprint density at radius 2 is 1.83 bits per heavy atom. The van der Waals surface area contributed by atoms with Gasteiger partial charge in [-0.15, -0.1) is 23.4 Å². The Labute approximate surface area is 120 Å². The average molecular weight is 284 g/mol. The van der Waals surface area contributed by atoms with E-state index in [0.29, 0.717) is 5.38 Å². The fraction of sp³-hybridized carbons (Fsp3) is 0.600. The molecule has 1 nitrogen and oxygen atoms in total. The van der Waals surface area contributed by atoms with Gasteiger partial charge in [0.15, 0.2) is 0 Å². The monoisotopic (exact) mass is 283 g/mol. The normalized spacial score (nSPS) is 24.1. The lowest BCUT2D eigenvalue weighted by Crippen LogP contribution is -2.28. The summed E-state index contributed by atoms with van der Waals surface area (Å²) >= 11 is 8.03. The molecule has 1 aliphatic carbocycles. The van der Waals surface area contributed by atoms with Crippen molar-refractivity contribution in [3.8, 4) is 0 Å². The molecule has 1 saturated carbocycles. The quantitative estimate of drug-likeness (QED) is 0.478. The highest BCUT2D eigenvalue weighted by Gasteiger charge is 2.18. The van der Waals surface area contributed by atoms with Crippen LogP contribution in [0.1, 0.15) is 25.7 Å². The van der Waals surface area contributed by atoms with Gasteiger partial charge in [0, 0.05) is 22.6 Å². The summed E-state index contributed by atoms with van der Waals surface area (Å²) in [6.07, 6.45) is 5.00. The molecular formula is C15H22ClNS. The molecule has 0 aromatic heterocycles. The van der Waals surface area contributed by atoms with Gasteiger partial charge in [0.2, 0.25) is 0 Å². The molecule has 100 valence electrons. The van der Waals surface area contributed by atoms with Crippen molar-refractivity contribution in [1.29, 1.82) is 0 Å². The van der Waals surface area contributed by atoms with Gasteiger partial charge in [0.25, 0.3) is 0 Å². The van der Waals surface area contributed by atoms with Crippen molar-refractivity contribution in [2.45, 2.75) is 36.0 Å². The predicted octanol–water partition coefficient (Wildman–Crippen LogP) is 4.17. The van der Waals surface area contributed by atoms with E-state index in [-0.39, 0.29) is 0 Å². The molecule has 0 bridgehead atoms. The number of hydrogen-bond acceptors (Lipinski definition) is 2. The maximum absolute atomic E-state index is 6.11. The topological polar surface area (TPSA) is 12.0 Å². The Hall–Kier alpha value is -0.180. The number of rotatable bonds is 6. The second-order valence-electron chi connectivity index (χ2n) is 4.98. The molecule has 1 N–H and O–H groups in total. The number of thioether (sulfide) groups is 1. The fourth-order valence-corrected chi connectivity index (χ4v) is 3.47. The van der Waals surface area contributed by atoms with Crippen LogP contribution in [0, 0.1) is 5.92 Å². The van der Waals surface area contributed by atoms with Crippen LogP contribution in [0.4, 0.5) is 0 Å². The first-order valence-electron chi connectivity index (χ1n) is 6.87. The Kier molecular flexibility index (Phi) is 6.39. The minimum atomic E-state index is 0.440. The molecule has 0 amide bonds. The molecule has 0 aliphatic heterocycles. The number of benzene rings is 1. The Bertz CT molecular complexity index is 323. The smallest absolute Gasteiger partial charge is 0.0336 e. The molecule has 0 spiro atoms. The zero-order chi connectivity index (χ0) is 12.6. The van der Waals surface area contributed by atoms with Crippen LogP contribution in [0.15, 0.2) is 35.2 Å². The predicted molar refractivity (Wildman–Crippen MR) is 81.6 cm³/mol. The molecule has 2 rings (SSSR count). The van der Waals surface area contributed by atoms with E-state index >= 15 is 0 Å². The van der Waals surface area contributed by atoms with Crippen LogP contribution in [0.5, 0.6) is 0 Å². The lowest BCUT2D eigenvalue weighted by Gasteiger charge is -2.25. The highest BCUT2D eigenvalue weighted by molar-refractivity contribution is 7.99. The van der Waals surface area contributed by atoms with E-state index in [1.165, 1.54) is 37.1 Å². The molecular weight excluding hydrogens is 262 g/mol. The van der Waals surface area contributed by atoms with Crippen molar-refractivity contribution >= 4 is 23.4 Å². The summed E-state index contributed by atoms with van der Waals surface area (Å²) in [4.78, 5) is 1.36.